The Bertz CT molecular complexity index is 1140. The first kappa shape index (κ1) is 23.2. The molecule has 11 heteroatoms. The third kappa shape index (κ3) is 4.90. The van der Waals surface area contributed by atoms with Crippen LogP contribution in [0.15, 0.2) is 42.0 Å². The molecule has 1 N–H and O–H groups in total. The number of anilines is 1. The second-order valence-electron chi connectivity index (χ2n) is 7.24. The highest BCUT2D eigenvalue weighted by Gasteiger charge is 2.37. The van der Waals surface area contributed by atoms with Crippen molar-refractivity contribution in [1.82, 2.24) is 5.32 Å². The number of barbiturate groups is 1. The van der Waals surface area contributed by atoms with Gasteiger partial charge in [-0.25, -0.2) is 9.69 Å². The molecule has 166 valence electrons. The number of hydrogen-bond acceptors (Lipinski definition) is 6. The number of nitro groups is 1. The molecule has 1 saturated heterocycles. The van der Waals surface area contributed by atoms with E-state index in [1.54, 1.807) is 0 Å². The lowest BCUT2D eigenvalue weighted by Crippen LogP contribution is -2.54. The number of nitrogens with one attached hydrogen (secondary N) is 1. The summed E-state index contributed by atoms with van der Waals surface area (Å²) >= 11 is 12.3. The first-order chi connectivity index (χ1) is 15.1. The molecule has 1 fully saturated rings. The Labute approximate surface area is 192 Å². The van der Waals surface area contributed by atoms with E-state index in [2.05, 4.69) is 5.32 Å². The van der Waals surface area contributed by atoms with E-state index in [1.807, 2.05) is 13.8 Å². The number of non-ortho nitro benzene ring substituents is 1. The maximum atomic E-state index is 13.1. The summed E-state index contributed by atoms with van der Waals surface area (Å²) in [5, 5.41) is 13.4. The van der Waals surface area contributed by atoms with E-state index in [0.717, 1.165) is 12.1 Å². The van der Waals surface area contributed by atoms with Gasteiger partial charge in [0.25, 0.3) is 17.5 Å². The van der Waals surface area contributed by atoms with Gasteiger partial charge in [0.05, 0.1) is 22.2 Å². The molecular weight excluding hydrogens is 461 g/mol. The maximum Gasteiger partial charge on any atom is 0.335 e. The summed E-state index contributed by atoms with van der Waals surface area (Å²) < 4.78 is 5.74. The maximum absolute atomic E-state index is 13.1. The highest BCUT2D eigenvalue weighted by atomic mass is 35.5. The summed E-state index contributed by atoms with van der Waals surface area (Å²) in [5.41, 5.74) is -0.252. The van der Waals surface area contributed by atoms with E-state index in [9.17, 15) is 24.5 Å². The van der Waals surface area contributed by atoms with E-state index >= 15 is 0 Å². The Kier molecular flexibility index (Phi) is 6.81. The topological polar surface area (TPSA) is 119 Å². The number of halogens is 2. The van der Waals surface area contributed by atoms with Gasteiger partial charge in [-0.15, -0.1) is 0 Å². The molecule has 9 nitrogen and oxygen atoms in total. The van der Waals surface area contributed by atoms with Crippen LogP contribution < -0.4 is 15.0 Å². The number of imide groups is 2. The number of rotatable bonds is 6. The second-order valence-corrected chi connectivity index (χ2v) is 8.09. The molecule has 32 heavy (non-hydrogen) atoms. The molecule has 0 saturated carbocycles. The molecule has 3 rings (SSSR count). The summed E-state index contributed by atoms with van der Waals surface area (Å²) in [7, 11) is 0. The van der Waals surface area contributed by atoms with Gasteiger partial charge in [-0.3, -0.25) is 25.0 Å². The quantitative estimate of drug-likeness (QED) is 0.281. The standard InChI is InChI=1S/C21H17Cl2N3O6/c1-11(2)10-32-18-12(7-13(22)9-17(18)23)8-16-19(27)24-21(29)25(20(16)28)14-3-5-15(6-4-14)26(30)31/h3-9,11H,10H2,1-2H3,(H,24,27,29)/b16-8+. The van der Waals surface area contributed by atoms with E-state index in [1.165, 1.54) is 30.3 Å². The molecule has 0 spiro atoms. The predicted octanol–water partition coefficient (Wildman–Crippen LogP) is 4.60. The average Bonchev–Trinajstić information content (AvgIpc) is 2.70. The van der Waals surface area contributed by atoms with Crippen LogP contribution >= 0.6 is 23.2 Å². The van der Waals surface area contributed by atoms with Crippen molar-refractivity contribution in [3.63, 3.8) is 0 Å². The van der Waals surface area contributed by atoms with Crippen LogP contribution in [0.2, 0.25) is 10.0 Å². The number of nitrogens with zero attached hydrogens (tertiary/aromatic N) is 2. The number of carbonyl (C=O) groups excluding carboxylic acids is 3. The number of ether oxygens (including phenoxy) is 1. The fourth-order valence-electron chi connectivity index (χ4n) is 2.86. The van der Waals surface area contributed by atoms with Gasteiger partial charge in [-0.05, 0) is 36.3 Å². The molecule has 1 aliphatic rings. The van der Waals surface area contributed by atoms with Crippen LogP contribution in [-0.4, -0.2) is 29.4 Å². The summed E-state index contributed by atoms with van der Waals surface area (Å²) in [6, 6.07) is 6.72. The highest BCUT2D eigenvalue weighted by Crippen LogP contribution is 2.35. The van der Waals surface area contributed by atoms with Crippen molar-refractivity contribution >= 4 is 58.5 Å². The van der Waals surface area contributed by atoms with Crippen LogP contribution in [-0.2, 0) is 9.59 Å². The zero-order valence-corrected chi connectivity index (χ0v) is 18.4. The lowest BCUT2D eigenvalue weighted by molar-refractivity contribution is -0.384. The molecule has 1 heterocycles. The molecular formula is C21H17Cl2N3O6. The fourth-order valence-corrected chi connectivity index (χ4v) is 3.42. The van der Waals surface area contributed by atoms with Crippen molar-refractivity contribution < 1.29 is 24.0 Å². The first-order valence-electron chi connectivity index (χ1n) is 9.36. The molecule has 0 radical (unpaired) electrons. The van der Waals surface area contributed by atoms with E-state index in [0.29, 0.717) is 11.5 Å². The number of amides is 4. The van der Waals surface area contributed by atoms with Gasteiger partial charge in [-0.2, -0.15) is 0 Å². The van der Waals surface area contributed by atoms with Crippen molar-refractivity contribution in [2.24, 2.45) is 5.92 Å². The van der Waals surface area contributed by atoms with Gasteiger partial charge in [0.1, 0.15) is 11.3 Å². The fraction of sp³-hybridized carbons (Fsp3) is 0.190. The minimum absolute atomic E-state index is 0.0527. The minimum atomic E-state index is -0.980. The number of carbonyl (C=O) groups is 3. The molecule has 2 aromatic rings. The number of nitro benzene ring substituents is 1. The zero-order chi connectivity index (χ0) is 23.6. The molecule has 0 atom stereocenters. The number of hydrogen-bond donors (Lipinski definition) is 1. The third-order valence-electron chi connectivity index (χ3n) is 4.32. The molecule has 0 unspecified atom stereocenters. The van der Waals surface area contributed by atoms with Crippen molar-refractivity contribution in [2.45, 2.75) is 13.8 Å². The van der Waals surface area contributed by atoms with Crippen LogP contribution in [0.4, 0.5) is 16.2 Å². The van der Waals surface area contributed by atoms with Crippen molar-refractivity contribution in [2.75, 3.05) is 11.5 Å². The Morgan fingerprint density at radius 2 is 1.81 bits per heavy atom. The Morgan fingerprint density at radius 3 is 2.41 bits per heavy atom. The smallest absolute Gasteiger partial charge is 0.335 e. The third-order valence-corrected chi connectivity index (χ3v) is 4.82. The number of urea groups is 1. The molecule has 2 aromatic carbocycles. The number of benzene rings is 2. The summed E-state index contributed by atoms with van der Waals surface area (Å²) in [6.45, 7) is 4.20. The van der Waals surface area contributed by atoms with E-state index < -0.39 is 22.8 Å². The van der Waals surface area contributed by atoms with Gasteiger partial charge in [0.2, 0.25) is 0 Å². The monoisotopic (exact) mass is 477 g/mol. The Hall–Kier alpha value is -3.43. The van der Waals surface area contributed by atoms with Gasteiger partial charge in [0, 0.05) is 22.7 Å². The predicted molar refractivity (Wildman–Crippen MR) is 119 cm³/mol. The molecule has 0 bridgehead atoms. The summed E-state index contributed by atoms with van der Waals surface area (Å²) in [6.07, 6.45) is 1.23. The van der Waals surface area contributed by atoms with Crippen LogP contribution in [0.3, 0.4) is 0 Å². The first-order valence-corrected chi connectivity index (χ1v) is 10.1. The van der Waals surface area contributed by atoms with Crippen LogP contribution in [0.25, 0.3) is 6.08 Å². The second kappa shape index (κ2) is 9.37. The van der Waals surface area contributed by atoms with Crippen molar-refractivity contribution in [3.05, 3.63) is 67.7 Å². The van der Waals surface area contributed by atoms with Crippen LogP contribution in [0, 0.1) is 16.0 Å². The lowest BCUT2D eigenvalue weighted by Gasteiger charge is -2.26. The van der Waals surface area contributed by atoms with E-state index in [4.69, 9.17) is 27.9 Å². The molecule has 1 aliphatic heterocycles. The Balaban J connectivity index is 2.04. The highest BCUT2D eigenvalue weighted by molar-refractivity contribution is 6.40. The molecule has 0 aromatic heterocycles. The normalized spacial score (nSPS) is 15.3. The van der Waals surface area contributed by atoms with Gasteiger partial charge in [-0.1, -0.05) is 37.0 Å². The van der Waals surface area contributed by atoms with Gasteiger partial charge in [0.15, 0.2) is 0 Å². The van der Waals surface area contributed by atoms with Gasteiger partial charge >= 0.3 is 6.03 Å². The SMILES string of the molecule is CC(C)COc1c(Cl)cc(Cl)cc1/C=C1\C(=O)NC(=O)N(c2ccc([N+](=O)[O-])cc2)C1=O. The Morgan fingerprint density at radius 1 is 1.16 bits per heavy atom. The average molecular weight is 478 g/mol. The minimum Gasteiger partial charge on any atom is -0.491 e. The van der Waals surface area contributed by atoms with Crippen molar-refractivity contribution in [3.8, 4) is 5.75 Å². The summed E-state index contributed by atoms with van der Waals surface area (Å²) in [5.74, 6) is -1.42. The molecule has 0 aliphatic carbocycles. The van der Waals surface area contributed by atoms with Crippen molar-refractivity contribution in [1.29, 1.82) is 0 Å². The summed E-state index contributed by atoms with van der Waals surface area (Å²) in [4.78, 5) is 48.8. The van der Waals surface area contributed by atoms with Gasteiger partial charge < -0.3 is 4.74 Å². The zero-order valence-electron chi connectivity index (χ0n) is 16.9. The lowest BCUT2D eigenvalue weighted by atomic mass is 10.1. The molecule has 4 amide bonds. The van der Waals surface area contributed by atoms with Crippen LogP contribution in [0.5, 0.6) is 5.75 Å². The largest absolute Gasteiger partial charge is 0.491 e. The van der Waals surface area contributed by atoms with Crippen LogP contribution in [0.1, 0.15) is 19.4 Å². The van der Waals surface area contributed by atoms with E-state index in [-0.39, 0.29) is 44.2 Å².